The van der Waals surface area contributed by atoms with E-state index in [9.17, 15) is 4.21 Å². The quantitative estimate of drug-likeness (QED) is 0.513. The van der Waals surface area contributed by atoms with Gasteiger partial charge in [-0.15, -0.1) is 0 Å². The molecule has 23 heavy (non-hydrogen) atoms. The Hall–Kier alpha value is -2.15. The molecule has 1 unspecified atom stereocenters. The van der Waals surface area contributed by atoms with E-state index in [2.05, 4.69) is 31.4 Å². The van der Waals surface area contributed by atoms with Gasteiger partial charge in [-0.2, -0.15) is 0 Å². The summed E-state index contributed by atoms with van der Waals surface area (Å²) in [5.74, 6) is 0.580. The van der Waals surface area contributed by atoms with Gasteiger partial charge in [0.15, 0.2) is 0 Å². The molecule has 0 radical (unpaired) electrons. The summed E-state index contributed by atoms with van der Waals surface area (Å²) in [6, 6.07) is 1.73. The van der Waals surface area contributed by atoms with Crippen LogP contribution < -0.4 is 0 Å². The fourth-order valence-electron chi connectivity index (χ4n) is 2.51. The van der Waals surface area contributed by atoms with E-state index in [-0.39, 0.29) is 0 Å². The lowest BCUT2D eigenvalue weighted by Gasteiger charge is -2.07. The van der Waals surface area contributed by atoms with Gasteiger partial charge in [0.05, 0.1) is 28.8 Å². The molecular formula is C16H19N5OS. The van der Waals surface area contributed by atoms with Crippen LogP contribution in [0.4, 0.5) is 0 Å². The molecule has 3 aromatic heterocycles. The molecule has 0 aliphatic carbocycles. The monoisotopic (exact) mass is 329 g/mol. The van der Waals surface area contributed by atoms with Crippen LogP contribution in [-0.4, -0.2) is 34.5 Å². The Morgan fingerprint density at radius 2 is 1.87 bits per heavy atom. The molecule has 0 aliphatic rings. The van der Waals surface area contributed by atoms with Gasteiger partial charge < -0.3 is 4.57 Å². The molecule has 0 spiro atoms. The number of hydrogen-bond acceptors (Lipinski definition) is 5. The van der Waals surface area contributed by atoms with Crippen molar-refractivity contribution in [2.45, 2.75) is 38.4 Å². The number of unbranched alkanes of at least 4 members (excludes halogenated alkanes) is 1. The summed E-state index contributed by atoms with van der Waals surface area (Å²) in [5, 5.41) is 0.415. The van der Waals surface area contributed by atoms with Crippen LogP contribution in [0.5, 0.6) is 0 Å². The topological polar surface area (TPSA) is 73.6 Å². The van der Waals surface area contributed by atoms with Crippen LogP contribution in [0.15, 0.2) is 36.1 Å². The molecule has 0 fully saturated rings. The van der Waals surface area contributed by atoms with Gasteiger partial charge in [-0.1, -0.05) is 0 Å². The van der Waals surface area contributed by atoms with Gasteiger partial charge in [0.2, 0.25) is 5.16 Å². The van der Waals surface area contributed by atoms with Crippen molar-refractivity contribution < 1.29 is 4.21 Å². The number of aromatic nitrogens is 5. The van der Waals surface area contributed by atoms with Crippen LogP contribution in [0.1, 0.15) is 24.1 Å². The Bertz CT molecular complexity index is 831. The van der Waals surface area contributed by atoms with Crippen molar-refractivity contribution in [2.24, 2.45) is 0 Å². The van der Waals surface area contributed by atoms with E-state index in [4.69, 9.17) is 0 Å². The van der Waals surface area contributed by atoms with E-state index < -0.39 is 10.8 Å². The minimum absolute atomic E-state index is 0.415. The molecule has 3 aromatic rings. The van der Waals surface area contributed by atoms with Gasteiger partial charge in [0, 0.05) is 30.4 Å². The summed E-state index contributed by atoms with van der Waals surface area (Å²) in [6.07, 6.45) is 8.71. The zero-order chi connectivity index (χ0) is 16.2. The van der Waals surface area contributed by atoms with Gasteiger partial charge in [-0.05, 0) is 38.3 Å². The number of fused-ring (bicyclic) bond motifs is 1. The zero-order valence-corrected chi connectivity index (χ0v) is 14.1. The van der Waals surface area contributed by atoms with E-state index >= 15 is 0 Å². The molecule has 0 saturated heterocycles. The fraction of sp³-hybridized carbons (Fsp3) is 0.375. The lowest BCUT2D eigenvalue weighted by Crippen LogP contribution is -2.05. The average Bonchev–Trinajstić information content (AvgIpc) is 2.99. The van der Waals surface area contributed by atoms with Crippen molar-refractivity contribution in [1.29, 1.82) is 0 Å². The summed E-state index contributed by atoms with van der Waals surface area (Å²) >= 11 is 0. The highest BCUT2D eigenvalue weighted by molar-refractivity contribution is 7.84. The first-order valence-corrected chi connectivity index (χ1v) is 8.91. The molecule has 1 atom stereocenters. The molecule has 0 amide bonds. The summed E-state index contributed by atoms with van der Waals surface area (Å²) in [6.45, 7) is 4.94. The standard InChI is InChI=1S/C16H19N5OS/c1-12-13(2)19-10-14-15(12)21(11-20-14)8-3-4-9-23(22)16-17-6-5-7-18-16/h5-7,10-11H,3-4,8-9H2,1-2H3. The summed E-state index contributed by atoms with van der Waals surface area (Å²) < 4.78 is 14.2. The number of hydrogen-bond donors (Lipinski definition) is 0. The molecular weight excluding hydrogens is 310 g/mol. The van der Waals surface area contributed by atoms with Crippen LogP contribution in [0, 0.1) is 13.8 Å². The van der Waals surface area contributed by atoms with Crippen LogP contribution in [0.3, 0.4) is 0 Å². The van der Waals surface area contributed by atoms with Gasteiger partial charge in [0.25, 0.3) is 0 Å². The lowest BCUT2D eigenvalue weighted by molar-refractivity contribution is 0.635. The van der Waals surface area contributed by atoms with Crippen LogP contribution in [0.2, 0.25) is 0 Å². The molecule has 3 heterocycles. The van der Waals surface area contributed by atoms with Gasteiger partial charge in [0.1, 0.15) is 5.52 Å². The predicted molar refractivity (Wildman–Crippen MR) is 89.5 cm³/mol. The predicted octanol–water partition coefficient (Wildman–Crippen LogP) is 2.43. The van der Waals surface area contributed by atoms with Crippen molar-refractivity contribution >= 4 is 21.8 Å². The Balaban J connectivity index is 1.59. The normalized spacial score (nSPS) is 12.6. The molecule has 7 heteroatoms. The maximum Gasteiger partial charge on any atom is 0.218 e. The van der Waals surface area contributed by atoms with E-state index in [1.165, 1.54) is 5.56 Å². The number of pyridine rings is 1. The van der Waals surface area contributed by atoms with E-state index in [0.29, 0.717) is 10.9 Å². The number of aryl methyl sites for hydroxylation is 3. The second-order valence-corrected chi connectivity index (χ2v) is 6.89. The Kier molecular flexibility index (Phi) is 4.76. The van der Waals surface area contributed by atoms with Gasteiger partial charge in [-0.25, -0.2) is 15.0 Å². The van der Waals surface area contributed by atoms with Crippen LogP contribution in [0.25, 0.3) is 11.0 Å². The Labute approximate surface area is 137 Å². The molecule has 0 saturated carbocycles. The summed E-state index contributed by atoms with van der Waals surface area (Å²) in [5.41, 5.74) is 4.27. The first kappa shape index (κ1) is 15.7. The number of nitrogens with zero attached hydrogens (tertiary/aromatic N) is 5. The first-order valence-electron chi connectivity index (χ1n) is 7.59. The van der Waals surface area contributed by atoms with E-state index in [1.807, 2.05) is 19.4 Å². The van der Waals surface area contributed by atoms with E-state index in [1.54, 1.807) is 18.5 Å². The highest BCUT2D eigenvalue weighted by Crippen LogP contribution is 2.19. The zero-order valence-electron chi connectivity index (χ0n) is 13.3. The molecule has 0 N–H and O–H groups in total. The summed E-state index contributed by atoms with van der Waals surface area (Å²) in [7, 11) is -1.12. The minimum atomic E-state index is -1.12. The molecule has 0 aliphatic heterocycles. The number of imidazole rings is 1. The maximum absolute atomic E-state index is 12.1. The van der Waals surface area contributed by atoms with Crippen molar-refractivity contribution in [3.8, 4) is 0 Å². The molecule has 0 bridgehead atoms. The molecule has 6 nitrogen and oxygen atoms in total. The maximum atomic E-state index is 12.1. The van der Waals surface area contributed by atoms with Crippen LogP contribution in [-0.2, 0) is 17.3 Å². The lowest BCUT2D eigenvalue weighted by atomic mass is 10.2. The van der Waals surface area contributed by atoms with Crippen molar-refractivity contribution in [1.82, 2.24) is 24.5 Å². The molecule has 3 rings (SSSR count). The Morgan fingerprint density at radius 3 is 2.65 bits per heavy atom. The third-order valence-electron chi connectivity index (χ3n) is 3.87. The van der Waals surface area contributed by atoms with Gasteiger partial charge in [-0.3, -0.25) is 9.19 Å². The Morgan fingerprint density at radius 1 is 1.09 bits per heavy atom. The van der Waals surface area contributed by atoms with Crippen molar-refractivity contribution in [3.63, 3.8) is 0 Å². The fourth-order valence-corrected chi connectivity index (χ4v) is 3.51. The van der Waals surface area contributed by atoms with Crippen molar-refractivity contribution in [3.05, 3.63) is 42.2 Å². The summed E-state index contributed by atoms with van der Waals surface area (Å²) in [4.78, 5) is 16.8. The first-order chi connectivity index (χ1) is 11.2. The number of rotatable bonds is 6. The second-order valence-electron chi connectivity index (χ2n) is 5.43. The van der Waals surface area contributed by atoms with E-state index in [0.717, 1.165) is 36.1 Å². The third kappa shape index (κ3) is 3.44. The minimum Gasteiger partial charge on any atom is -0.330 e. The average molecular weight is 329 g/mol. The van der Waals surface area contributed by atoms with Crippen LogP contribution >= 0.6 is 0 Å². The highest BCUT2D eigenvalue weighted by Gasteiger charge is 2.09. The molecule has 120 valence electrons. The highest BCUT2D eigenvalue weighted by atomic mass is 32.2. The third-order valence-corrected chi connectivity index (χ3v) is 5.15. The van der Waals surface area contributed by atoms with Crippen molar-refractivity contribution in [2.75, 3.05) is 5.75 Å². The SMILES string of the molecule is Cc1ncc2ncn(CCCCS(=O)c3ncccn3)c2c1C. The van der Waals surface area contributed by atoms with Gasteiger partial charge >= 0.3 is 0 Å². The second kappa shape index (κ2) is 6.95. The smallest absolute Gasteiger partial charge is 0.218 e. The molecule has 0 aromatic carbocycles. The largest absolute Gasteiger partial charge is 0.330 e.